The molecule has 136 valence electrons. The van der Waals surface area contributed by atoms with Crippen LogP contribution in [0.4, 0.5) is 24.5 Å². The van der Waals surface area contributed by atoms with Crippen molar-refractivity contribution in [2.45, 2.75) is 25.7 Å². The van der Waals surface area contributed by atoms with E-state index in [9.17, 15) is 18.0 Å². The molecule has 0 radical (unpaired) electrons. The Morgan fingerprint density at radius 3 is 2.23 bits per heavy atom. The number of carbonyl (C=O) groups is 1. The monoisotopic (exact) mass is 363 g/mol. The second-order valence-electron chi connectivity index (χ2n) is 5.46. The molecule has 0 aliphatic rings. The molecule has 0 heterocycles. The summed E-state index contributed by atoms with van der Waals surface area (Å²) in [5.41, 5.74) is 1.93. The number of halogens is 3. The lowest BCUT2D eigenvalue weighted by atomic mass is 10.1. The molecule has 26 heavy (non-hydrogen) atoms. The molecule has 0 aliphatic heterocycles. The molecule has 0 spiro atoms. The average molecular weight is 363 g/mol. The summed E-state index contributed by atoms with van der Waals surface area (Å²) in [6, 6.07) is 13.5. The van der Waals surface area contributed by atoms with Crippen LogP contribution in [0.15, 0.2) is 48.5 Å². The van der Waals surface area contributed by atoms with Gasteiger partial charge in [0, 0.05) is 11.4 Å². The summed E-state index contributed by atoms with van der Waals surface area (Å²) in [6.07, 6.45) is -4.45. The van der Waals surface area contributed by atoms with Gasteiger partial charge in [0.2, 0.25) is 5.91 Å². The summed E-state index contributed by atoms with van der Waals surface area (Å²) in [4.78, 5) is 12.2. The fourth-order valence-corrected chi connectivity index (χ4v) is 2.12. The Hall–Kier alpha value is -3.21. The largest absolute Gasteiger partial charge is 0.573 e. The predicted molar refractivity (Wildman–Crippen MR) is 90.6 cm³/mol. The van der Waals surface area contributed by atoms with Crippen LogP contribution in [0.5, 0.6) is 5.75 Å². The highest BCUT2D eigenvalue weighted by Crippen LogP contribution is 2.24. The molecular formula is C18H16F3N3O2. The minimum atomic E-state index is -4.76. The van der Waals surface area contributed by atoms with Crippen molar-refractivity contribution >= 4 is 17.3 Å². The third-order valence-corrected chi connectivity index (χ3v) is 3.37. The summed E-state index contributed by atoms with van der Waals surface area (Å²) in [7, 11) is 0. The van der Waals surface area contributed by atoms with E-state index in [-0.39, 0.29) is 11.7 Å². The van der Waals surface area contributed by atoms with Gasteiger partial charge in [-0.25, -0.2) is 0 Å². The molecule has 2 aromatic carbocycles. The van der Waals surface area contributed by atoms with Gasteiger partial charge in [0.05, 0.1) is 12.5 Å². The number of alkyl halides is 3. The summed E-state index contributed by atoms with van der Waals surface area (Å²) >= 11 is 0. The molecule has 1 amide bonds. The minimum absolute atomic E-state index is 0.310. The second-order valence-corrected chi connectivity index (χ2v) is 5.46. The fraction of sp³-hybridized carbons (Fsp3) is 0.222. The predicted octanol–water partition coefficient (Wildman–Crippen LogP) is 4.09. The SMILES string of the molecule is CC(Nc1ccc(CC#N)cc1)C(=O)Nc1ccc(OC(F)(F)F)cc1. The van der Waals surface area contributed by atoms with E-state index >= 15 is 0 Å². The number of nitriles is 1. The molecule has 2 aromatic rings. The summed E-state index contributed by atoms with van der Waals surface area (Å²) in [5.74, 6) is -0.713. The normalized spacial score (nSPS) is 12.0. The molecule has 2 rings (SSSR count). The molecule has 0 saturated carbocycles. The topological polar surface area (TPSA) is 74.2 Å². The third-order valence-electron chi connectivity index (χ3n) is 3.37. The van der Waals surface area contributed by atoms with Gasteiger partial charge in [-0.15, -0.1) is 13.2 Å². The number of benzene rings is 2. The van der Waals surface area contributed by atoms with E-state index in [1.165, 1.54) is 12.1 Å². The van der Waals surface area contributed by atoms with E-state index in [0.717, 1.165) is 17.7 Å². The molecule has 0 aromatic heterocycles. The van der Waals surface area contributed by atoms with Crippen molar-refractivity contribution < 1.29 is 22.7 Å². The number of rotatable bonds is 6. The zero-order valence-electron chi connectivity index (χ0n) is 13.8. The fourth-order valence-electron chi connectivity index (χ4n) is 2.12. The van der Waals surface area contributed by atoms with Gasteiger partial charge in [-0.3, -0.25) is 4.79 Å². The molecule has 1 atom stereocenters. The van der Waals surface area contributed by atoms with Crippen LogP contribution in [-0.2, 0) is 11.2 Å². The van der Waals surface area contributed by atoms with Crippen molar-refractivity contribution in [3.05, 3.63) is 54.1 Å². The van der Waals surface area contributed by atoms with E-state index in [2.05, 4.69) is 21.4 Å². The summed E-state index contributed by atoms with van der Waals surface area (Å²) < 4.78 is 40.1. The Bertz CT molecular complexity index is 781. The highest BCUT2D eigenvalue weighted by Gasteiger charge is 2.31. The first-order valence-corrected chi connectivity index (χ1v) is 7.66. The van der Waals surface area contributed by atoms with Gasteiger partial charge in [0.15, 0.2) is 0 Å². The molecule has 0 aliphatic carbocycles. The number of hydrogen-bond donors (Lipinski definition) is 2. The number of anilines is 2. The van der Waals surface area contributed by atoms with Crippen LogP contribution in [0, 0.1) is 11.3 Å². The Morgan fingerprint density at radius 1 is 1.12 bits per heavy atom. The van der Waals surface area contributed by atoms with Crippen LogP contribution < -0.4 is 15.4 Å². The first-order valence-electron chi connectivity index (χ1n) is 7.66. The van der Waals surface area contributed by atoms with E-state index in [0.29, 0.717) is 17.8 Å². The van der Waals surface area contributed by atoms with Gasteiger partial charge in [0.1, 0.15) is 11.8 Å². The van der Waals surface area contributed by atoms with E-state index in [1.807, 2.05) is 0 Å². The van der Waals surface area contributed by atoms with E-state index in [1.54, 1.807) is 31.2 Å². The molecule has 8 heteroatoms. The van der Waals surface area contributed by atoms with Crippen molar-refractivity contribution in [1.29, 1.82) is 5.26 Å². The Balaban J connectivity index is 1.91. The first-order chi connectivity index (χ1) is 12.3. The van der Waals surface area contributed by atoms with Crippen LogP contribution >= 0.6 is 0 Å². The molecule has 2 N–H and O–H groups in total. The van der Waals surface area contributed by atoms with Gasteiger partial charge in [-0.2, -0.15) is 5.26 Å². The maximum atomic E-state index is 12.2. The molecule has 0 saturated heterocycles. The van der Waals surface area contributed by atoms with Gasteiger partial charge >= 0.3 is 6.36 Å². The van der Waals surface area contributed by atoms with Crippen LogP contribution in [0.2, 0.25) is 0 Å². The van der Waals surface area contributed by atoms with Crippen molar-refractivity contribution in [2.75, 3.05) is 10.6 Å². The van der Waals surface area contributed by atoms with E-state index < -0.39 is 12.4 Å². The lowest BCUT2D eigenvalue weighted by Crippen LogP contribution is -2.31. The Labute approximate surface area is 148 Å². The minimum Gasteiger partial charge on any atom is -0.406 e. The molecular weight excluding hydrogens is 347 g/mol. The maximum Gasteiger partial charge on any atom is 0.573 e. The molecule has 0 fully saturated rings. The lowest BCUT2D eigenvalue weighted by molar-refractivity contribution is -0.274. The average Bonchev–Trinajstić information content (AvgIpc) is 2.57. The second kappa shape index (κ2) is 8.25. The highest BCUT2D eigenvalue weighted by atomic mass is 19.4. The number of nitrogens with one attached hydrogen (secondary N) is 2. The van der Waals surface area contributed by atoms with Crippen molar-refractivity contribution in [3.63, 3.8) is 0 Å². The van der Waals surface area contributed by atoms with Crippen molar-refractivity contribution in [1.82, 2.24) is 0 Å². The number of hydrogen-bond acceptors (Lipinski definition) is 4. The number of amides is 1. The zero-order chi connectivity index (χ0) is 19.2. The van der Waals surface area contributed by atoms with Crippen LogP contribution in [0.3, 0.4) is 0 Å². The van der Waals surface area contributed by atoms with Crippen LogP contribution in [0.25, 0.3) is 0 Å². The summed E-state index contributed by atoms with van der Waals surface area (Å²) in [6.45, 7) is 1.65. The van der Waals surface area contributed by atoms with Crippen LogP contribution in [0.1, 0.15) is 12.5 Å². The van der Waals surface area contributed by atoms with E-state index in [4.69, 9.17) is 5.26 Å². The molecule has 0 bridgehead atoms. The molecule has 1 unspecified atom stereocenters. The smallest absolute Gasteiger partial charge is 0.406 e. The number of nitrogens with zero attached hydrogens (tertiary/aromatic N) is 1. The molecule has 5 nitrogen and oxygen atoms in total. The number of carbonyl (C=O) groups excluding carboxylic acids is 1. The third kappa shape index (κ3) is 6.02. The zero-order valence-corrected chi connectivity index (χ0v) is 13.8. The van der Waals surface area contributed by atoms with Crippen molar-refractivity contribution in [3.8, 4) is 11.8 Å². The standard InChI is InChI=1S/C18H16F3N3O2/c1-12(23-14-4-2-13(3-5-14)10-11-22)17(25)24-15-6-8-16(9-7-15)26-18(19,20)21/h2-9,12,23H,10H2,1H3,(H,24,25). The van der Waals surface area contributed by atoms with Gasteiger partial charge < -0.3 is 15.4 Å². The Morgan fingerprint density at radius 2 is 1.69 bits per heavy atom. The van der Waals surface area contributed by atoms with Gasteiger partial charge in [-0.05, 0) is 48.9 Å². The highest BCUT2D eigenvalue weighted by molar-refractivity contribution is 5.96. The Kier molecular flexibility index (Phi) is 6.07. The first kappa shape index (κ1) is 19.1. The summed E-state index contributed by atoms with van der Waals surface area (Å²) in [5, 5.41) is 14.2. The lowest BCUT2D eigenvalue weighted by Gasteiger charge is -2.16. The van der Waals surface area contributed by atoms with Crippen LogP contribution in [-0.4, -0.2) is 18.3 Å². The maximum absolute atomic E-state index is 12.2. The van der Waals surface area contributed by atoms with Crippen molar-refractivity contribution in [2.24, 2.45) is 0 Å². The van der Waals surface area contributed by atoms with Gasteiger partial charge in [-0.1, -0.05) is 12.1 Å². The van der Waals surface area contributed by atoms with Gasteiger partial charge in [0.25, 0.3) is 0 Å². The quantitative estimate of drug-likeness (QED) is 0.811. The number of ether oxygens (including phenoxy) is 1.